The minimum Gasteiger partial charge on any atom is -0.316 e. The molecule has 1 aromatic carbocycles. The van der Waals surface area contributed by atoms with Crippen LogP contribution < -0.4 is 5.32 Å². The van der Waals surface area contributed by atoms with Gasteiger partial charge in [-0.25, -0.2) is 13.4 Å². The molecule has 1 fully saturated rings. The fourth-order valence-electron chi connectivity index (χ4n) is 2.63. The van der Waals surface area contributed by atoms with E-state index in [4.69, 9.17) is 0 Å². The number of hydrogen-bond donors (Lipinski definition) is 1. The molecular formula is C16H18N2O2S. The third-order valence-corrected chi connectivity index (χ3v) is 5.46. The largest absolute Gasteiger partial charge is 0.316 e. The Bertz CT molecular complexity index is 708. The van der Waals surface area contributed by atoms with Crippen LogP contribution in [0.5, 0.6) is 0 Å². The number of nitrogens with one attached hydrogen (secondary N) is 1. The molecule has 1 aliphatic heterocycles. The number of hydrogen-bond acceptors (Lipinski definition) is 4. The first kappa shape index (κ1) is 14.2. The summed E-state index contributed by atoms with van der Waals surface area (Å²) < 4.78 is 25.2. The number of piperidine rings is 1. The maximum absolute atomic E-state index is 12.6. The predicted molar refractivity (Wildman–Crippen MR) is 81.0 cm³/mol. The topological polar surface area (TPSA) is 59.1 Å². The first-order valence-electron chi connectivity index (χ1n) is 7.16. The molecule has 21 heavy (non-hydrogen) atoms. The summed E-state index contributed by atoms with van der Waals surface area (Å²) >= 11 is 0. The van der Waals surface area contributed by atoms with Crippen LogP contribution in [0, 0.1) is 0 Å². The third kappa shape index (κ3) is 2.99. The molecular weight excluding hydrogens is 284 g/mol. The van der Waals surface area contributed by atoms with E-state index in [1.807, 2.05) is 6.07 Å². The van der Waals surface area contributed by atoms with Gasteiger partial charge in [-0.1, -0.05) is 24.3 Å². The van der Waals surface area contributed by atoms with Gasteiger partial charge in [-0.05, 0) is 43.7 Å². The second-order valence-corrected chi connectivity index (χ2v) is 7.16. The maximum Gasteiger partial charge on any atom is 0.223 e. The average molecular weight is 302 g/mol. The average Bonchev–Trinajstić information content (AvgIpc) is 2.57. The van der Waals surface area contributed by atoms with Crippen molar-refractivity contribution < 1.29 is 8.42 Å². The van der Waals surface area contributed by atoms with E-state index >= 15 is 0 Å². The molecule has 1 aromatic heterocycles. The standard InChI is InChI=1S/C16H18N2O2S/c19-21(20,14-7-2-1-3-8-14)16-10-4-9-15(18-16)13-6-5-11-17-12-13/h1-4,7-10,13,17H,5-6,11-12H2. The van der Waals surface area contributed by atoms with E-state index in [2.05, 4.69) is 10.3 Å². The van der Waals surface area contributed by atoms with Crippen LogP contribution in [0.2, 0.25) is 0 Å². The molecule has 1 saturated heterocycles. The summed E-state index contributed by atoms with van der Waals surface area (Å²) in [5.74, 6) is 0.296. The van der Waals surface area contributed by atoms with Crippen LogP contribution in [0.3, 0.4) is 0 Å². The molecule has 1 unspecified atom stereocenters. The molecule has 0 bridgehead atoms. The molecule has 0 radical (unpaired) electrons. The van der Waals surface area contributed by atoms with Gasteiger partial charge in [0.1, 0.15) is 0 Å². The lowest BCUT2D eigenvalue weighted by molar-refractivity contribution is 0.452. The number of sulfone groups is 1. The van der Waals surface area contributed by atoms with Gasteiger partial charge in [0.2, 0.25) is 9.84 Å². The molecule has 3 rings (SSSR count). The molecule has 1 aliphatic rings. The lowest BCUT2D eigenvalue weighted by Crippen LogP contribution is -2.29. The molecule has 1 N–H and O–H groups in total. The van der Waals surface area contributed by atoms with Gasteiger partial charge in [-0.15, -0.1) is 0 Å². The van der Waals surface area contributed by atoms with Crippen LogP contribution in [0.1, 0.15) is 24.5 Å². The highest BCUT2D eigenvalue weighted by Crippen LogP contribution is 2.24. The SMILES string of the molecule is O=S(=O)(c1ccccc1)c1cccc(C2CCCNC2)n1. The summed E-state index contributed by atoms with van der Waals surface area (Å²) in [6, 6.07) is 13.7. The van der Waals surface area contributed by atoms with Gasteiger partial charge in [0.15, 0.2) is 5.03 Å². The number of pyridine rings is 1. The zero-order chi connectivity index (χ0) is 14.7. The summed E-state index contributed by atoms with van der Waals surface area (Å²) in [5, 5.41) is 3.47. The Kier molecular flexibility index (Phi) is 4.03. The maximum atomic E-state index is 12.6. The summed E-state index contributed by atoms with van der Waals surface area (Å²) in [5.41, 5.74) is 0.860. The number of rotatable bonds is 3. The smallest absolute Gasteiger partial charge is 0.223 e. The molecule has 0 aliphatic carbocycles. The Morgan fingerprint density at radius 1 is 1.05 bits per heavy atom. The lowest BCUT2D eigenvalue weighted by atomic mass is 9.96. The van der Waals surface area contributed by atoms with Crippen molar-refractivity contribution in [3.8, 4) is 0 Å². The summed E-state index contributed by atoms with van der Waals surface area (Å²) in [4.78, 5) is 4.70. The number of nitrogens with zero attached hydrogens (tertiary/aromatic N) is 1. The predicted octanol–water partition coefficient (Wildman–Crippen LogP) is 2.38. The van der Waals surface area contributed by atoms with E-state index in [9.17, 15) is 8.42 Å². The lowest BCUT2D eigenvalue weighted by Gasteiger charge is -2.22. The van der Waals surface area contributed by atoms with E-state index < -0.39 is 9.84 Å². The van der Waals surface area contributed by atoms with Crippen molar-refractivity contribution in [1.29, 1.82) is 0 Å². The van der Waals surface area contributed by atoms with Crippen molar-refractivity contribution in [2.45, 2.75) is 28.7 Å². The van der Waals surface area contributed by atoms with Gasteiger partial charge in [-0.2, -0.15) is 0 Å². The van der Waals surface area contributed by atoms with Crippen molar-refractivity contribution in [1.82, 2.24) is 10.3 Å². The van der Waals surface area contributed by atoms with Crippen LogP contribution in [0.15, 0.2) is 58.5 Å². The fraction of sp³-hybridized carbons (Fsp3) is 0.312. The Morgan fingerprint density at radius 2 is 1.86 bits per heavy atom. The van der Waals surface area contributed by atoms with E-state index in [-0.39, 0.29) is 9.92 Å². The molecule has 0 saturated carbocycles. The highest BCUT2D eigenvalue weighted by Gasteiger charge is 2.22. The van der Waals surface area contributed by atoms with Crippen molar-refractivity contribution in [2.75, 3.05) is 13.1 Å². The normalized spacial score (nSPS) is 19.3. The Morgan fingerprint density at radius 3 is 2.57 bits per heavy atom. The summed E-state index contributed by atoms with van der Waals surface area (Å²) in [6.07, 6.45) is 2.15. The number of benzene rings is 1. The zero-order valence-corrected chi connectivity index (χ0v) is 12.5. The van der Waals surface area contributed by atoms with Crippen molar-refractivity contribution >= 4 is 9.84 Å². The molecule has 4 nitrogen and oxygen atoms in total. The fourth-order valence-corrected chi connectivity index (χ4v) is 3.87. The van der Waals surface area contributed by atoms with Crippen LogP contribution in [-0.2, 0) is 9.84 Å². The minimum absolute atomic E-state index is 0.136. The van der Waals surface area contributed by atoms with E-state index in [1.54, 1.807) is 42.5 Å². The first-order valence-corrected chi connectivity index (χ1v) is 8.64. The second kappa shape index (κ2) is 5.95. The van der Waals surface area contributed by atoms with Gasteiger partial charge in [0.25, 0.3) is 0 Å². The quantitative estimate of drug-likeness (QED) is 0.945. The zero-order valence-electron chi connectivity index (χ0n) is 11.7. The molecule has 1 atom stereocenters. The van der Waals surface area contributed by atoms with Crippen molar-refractivity contribution in [3.63, 3.8) is 0 Å². The van der Waals surface area contributed by atoms with Crippen molar-refractivity contribution in [3.05, 3.63) is 54.2 Å². The molecule has 2 heterocycles. The van der Waals surface area contributed by atoms with Gasteiger partial charge in [0.05, 0.1) is 4.90 Å². The molecule has 110 valence electrons. The van der Waals surface area contributed by atoms with Crippen LogP contribution >= 0.6 is 0 Å². The molecule has 0 spiro atoms. The van der Waals surface area contributed by atoms with E-state index in [1.165, 1.54) is 0 Å². The van der Waals surface area contributed by atoms with Gasteiger partial charge < -0.3 is 5.32 Å². The van der Waals surface area contributed by atoms with E-state index in [0.717, 1.165) is 31.6 Å². The van der Waals surface area contributed by atoms with Gasteiger partial charge in [0, 0.05) is 18.2 Å². The van der Waals surface area contributed by atoms with Crippen LogP contribution in [-0.4, -0.2) is 26.5 Å². The van der Waals surface area contributed by atoms with Crippen LogP contribution in [0.25, 0.3) is 0 Å². The van der Waals surface area contributed by atoms with E-state index in [0.29, 0.717) is 5.92 Å². The monoisotopic (exact) mass is 302 g/mol. The number of aromatic nitrogens is 1. The summed E-state index contributed by atoms with van der Waals surface area (Å²) in [6.45, 7) is 1.89. The minimum atomic E-state index is -3.53. The molecule has 2 aromatic rings. The molecule has 0 amide bonds. The Labute approximate surface area is 125 Å². The Hall–Kier alpha value is -1.72. The Balaban J connectivity index is 1.96. The second-order valence-electron chi connectivity index (χ2n) is 5.26. The third-order valence-electron chi connectivity index (χ3n) is 3.79. The molecule has 5 heteroatoms. The summed E-state index contributed by atoms with van der Waals surface area (Å²) in [7, 11) is -3.53. The van der Waals surface area contributed by atoms with Gasteiger partial charge in [-0.3, -0.25) is 0 Å². The first-order chi connectivity index (χ1) is 10.2. The highest BCUT2D eigenvalue weighted by molar-refractivity contribution is 7.91. The highest BCUT2D eigenvalue weighted by atomic mass is 32.2. The van der Waals surface area contributed by atoms with Crippen LogP contribution in [0.4, 0.5) is 0 Å². The van der Waals surface area contributed by atoms with Gasteiger partial charge >= 0.3 is 0 Å². The van der Waals surface area contributed by atoms with Crippen molar-refractivity contribution in [2.24, 2.45) is 0 Å².